The van der Waals surface area contributed by atoms with E-state index in [4.69, 9.17) is 14.8 Å². The predicted octanol–water partition coefficient (Wildman–Crippen LogP) is 3.91. The van der Waals surface area contributed by atoms with Gasteiger partial charge in [0, 0.05) is 22.1 Å². The summed E-state index contributed by atoms with van der Waals surface area (Å²) in [5.74, 6) is -0.162. The zero-order valence-corrected chi connectivity index (χ0v) is 12.9. The molecule has 1 aromatic heterocycles. The van der Waals surface area contributed by atoms with Crippen LogP contribution in [0.25, 0.3) is 27.8 Å². The maximum absolute atomic E-state index is 11.8. The molecule has 0 saturated carbocycles. The van der Waals surface area contributed by atoms with Gasteiger partial charge in [0.1, 0.15) is 5.69 Å². The topological polar surface area (TPSA) is 101 Å². The van der Waals surface area contributed by atoms with Crippen LogP contribution in [0, 0.1) is 6.92 Å². The van der Waals surface area contributed by atoms with Crippen LogP contribution in [0.5, 0.6) is 0 Å². The summed E-state index contributed by atoms with van der Waals surface area (Å²) in [6.07, 6.45) is 1.47. The van der Waals surface area contributed by atoms with Crippen LogP contribution in [0.15, 0.2) is 45.5 Å². The molecule has 0 bridgehead atoms. The number of nitrogens with zero attached hydrogens (tertiary/aromatic N) is 4. The number of ether oxygens (including phenoxy) is 1. The molecule has 0 aliphatic rings. The fraction of sp³-hybridized carbons (Fsp3) is 0.250. The van der Waals surface area contributed by atoms with E-state index in [1.807, 2.05) is 31.2 Å². The van der Waals surface area contributed by atoms with Gasteiger partial charge in [0.15, 0.2) is 5.76 Å². The molecule has 23 heavy (non-hydrogen) atoms. The van der Waals surface area contributed by atoms with E-state index in [0.717, 1.165) is 11.1 Å². The van der Waals surface area contributed by atoms with Crippen LogP contribution in [0.2, 0.25) is 0 Å². The highest BCUT2D eigenvalue weighted by molar-refractivity contribution is 5.93. The molecule has 2 rings (SSSR count). The van der Waals surface area contributed by atoms with Crippen molar-refractivity contribution in [2.24, 2.45) is 5.11 Å². The van der Waals surface area contributed by atoms with Crippen LogP contribution in [0.4, 0.5) is 0 Å². The first-order chi connectivity index (χ1) is 11.1. The van der Waals surface area contributed by atoms with Crippen molar-refractivity contribution in [1.29, 1.82) is 0 Å². The van der Waals surface area contributed by atoms with Gasteiger partial charge in [-0.25, -0.2) is 4.79 Å². The van der Waals surface area contributed by atoms with Crippen LogP contribution < -0.4 is 0 Å². The maximum Gasteiger partial charge on any atom is 0.334 e. The van der Waals surface area contributed by atoms with Crippen molar-refractivity contribution in [2.45, 2.75) is 13.8 Å². The Balaban J connectivity index is 2.27. The van der Waals surface area contributed by atoms with Crippen molar-refractivity contribution in [1.82, 2.24) is 5.16 Å². The van der Waals surface area contributed by atoms with E-state index in [1.54, 1.807) is 13.0 Å². The van der Waals surface area contributed by atoms with Gasteiger partial charge in [0.25, 0.3) is 0 Å². The fourth-order valence-electron chi connectivity index (χ4n) is 1.89. The number of hydrogen-bond acceptors (Lipinski definition) is 5. The first kappa shape index (κ1) is 16.3. The van der Waals surface area contributed by atoms with Crippen molar-refractivity contribution in [2.75, 3.05) is 13.2 Å². The van der Waals surface area contributed by atoms with Crippen molar-refractivity contribution in [3.8, 4) is 11.3 Å². The Labute approximate surface area is 133 Å². The van der Waals surface area contributed by atoms with Crippen molar-refractivity contribution in [3.05, 3.63) is 57.7 Å². The Morgan fingerprint density at radius 1 is 1.43 bits per heavy atom. The summed E-state index contributed by atoms with van der Waals surface area (Å²) in [5.41, 5.74) is 11.3. The van der Waals surface area contributed by atoms with Gasteiger partial charge in [-0.15, -0.1) is 0 Å². The molecule has 0 radical (unpaired) electrons. The van der Waals surface area contributed by atoms with Gasteiger partial charge >= 0.3 is 5.97 Å². The highest BCUT2D eigenvalue weighted by Crippen LogP contribution is 2.21. The number of azide groups is 1. The summed E-state index contributed by atoms with van der Waals surface area (Å²) in [5, 5.41) is 7.38. The molecule has 1 heterocycles. The molecule has 0 aliphatic carbocycles. The van der Waals surface area contributed by atoms with E-state index < -0.39 is 5.97 Å². The quantitative estimate of drug-likeness (QED) is 0.265. The lowest BCUT2D eigenvalue weighted by atomic mass is 10.1. The second-order valence-electron chi connectivity index (χ2n) is 4.76. The molecule has 0 atom stereocenters. The third kappa shape index (κ3) is 4.46. The average molecular weight is 312 g/mol. The van der Waals surface area contributed by atoms with Crippen molar-refractivity contribution in [3.63, 3.8) is 0 Å². The fourth-order valence-corrected chi connectivity index (χ4v) is 1.89. The Kier molecular flexibility index (Phi) is 5.55. The standard InChI is InChI=1S/C16H16N4O3/c1-3-22-16(21)13(10-18-20-17)8-14-9-15(19-23-14)12-6-4-11(2)5-7-12/h4-9H,3,10H2,1-2H3/b13-8+. The van der Waals surface area contributed by atoms with Gasteiger partial charge in [-0.05, 0) is 25.5 Å². The molecular weight excluding hydrogens is 296 g/mol. The first-order valence-corrected chi connectivity index (χ1v) is 7.06. The number of carbonyl (C=O) groups is 1. The highest BCUT2D eigenvalue weighted by Gasteiger charge is 2.12. The van der Waals surface area contributed by atoms with Gasteiger partial charge < -0.3 is 9.26 Å². The van der Waals surface area contributed by atoms with Crippen LogP contribution in [-0.2, 0) is 9.53 Å². The minimum Gasteiger partial charge on any atom is -0.463 e. The summed E-state index contributed by atoms with van der Waals surface area (Å²) in [6.45, 7) is 3.82. The molecule has 1 aromatic carbocycles. The minimum absolute atomic E-state index is 0.115. The van der Waals surface area contributed by atoms with Crippen molar-refractivity contribution >= 4 is 12.0 Å². The molecule has 0 amide bonds. The van der Waals surface area contributed by atoms with Crippen LogP contribution in [0.1, 0.15) is 18.2 Å². The molecule has 118 valence electrons. The number of aryl methyl sites for hydroxylation is 1. The van der Waals surface area contributed by atoms with Gasteiger partial charge in [-0.3, -0.25) is 0 Å². The summed E-state index contributed by atoms with van der Waals surface area (Å²) in [6, 6.07) is 9.54. The van der Waals surface area contributed by atoms with E-state index in [0.29, 0.717) is 11.5 Å². The second-order valence-corrected chi connectivity index (χ2v) is 4.76. The second kappa shape index (κ2) is 7.82. The molecule has 7 nitrogen and oxygen atoms in total. The summed E-state index contributed by atoms with van der Waals surface area (Å²) < 4.78 is 10.1. The zero-order valence-electron chi connectivity index (χ0n) is 12.9. The molecular formula is C16H16N4O3. The summed E-state index contributed by atoms with van der Waals surface area (Å²) >= 11 is 0. The van der Waals surface area contributed by atoms with E-state index in [2.05, 4.69) is 15.2 Å². The van der Waals surface area contributed by atoms with Gasteiger partial charge in [-0.1, -0.05) is 40.1 Å². The Morgan fingerprint density at radius 2 is 2.17 bits per heavy atom. The number of benzene rings is 1. The van der Waals surface area contributed by atoms with E-state index in [9.17, 15) is 4.79 Å². The molecule has 0 saturated heterocycles. The SMILES string of the molecule is CCOC(=O)/C(=C/c1cc(-c2ccc(C)cc2)no1)CN=[N+]=[N-]. The molecule has 0 unspecified atom stereocenters. The third-order valence-corrected chi connectivity index (χ3v) is 3.03. The highest BCUT2D eigenvalue weighted by atomic mass is 16.5. The summed E-state index contributed by atoms with van der Waals surface area (Å²) in [4.78, 5) is 14.5. The summed E-state index contributed by atoms with van der Waals surface area (Å²) in [7, 11) is 0. The lowest BCUT2D eigenvalue weighted by molar-refractivity contribution is -0.138. The number of aromatic nitrogens is 1. The van der Waals surface area contributed by atoms with Gasteiger partial charge in [0.2, 0.25) is 0 Å². The van der Waals surface area contributed by atoms with Gasteiger partial charge in [-0.2, -0.15) is 0 Å². The maximum atomic E-state index is 11.8. The first-order valence-electron chi connectivity index (χ1n) is 7.06. The zero-order chi connectivity index (χ0) is 16.7. The Bertz CT molecular complexity index is 756. The largest absolute Gasteiger partial charge is 0.463 e. The number of esters is 1. The lowest BCUT2D eigenvalue weighted by Gasteiger charge is -2.02. The molecule has 0 fully saturated rings. The lowest BCUT2D eigenvalue weighted by Crippen LogP contribution is -2.09. The number of carbonyl (C=O) groups excluding carboxylic acids is 1. The van der Waals surface area contributed by atoms with E-state index >= 15 is 0 Å². The molecule has 7 heteroatoms. The van der Waals surface area contributed by atoms with Crippen molar-refractivity contribution < 1.29 is 14.1 Å². The number of rotatable bonds is 6. The van der Waals surface area contributed by atoms with E-state index in [1.165, 1.54) is 6.08 Å². The third-order valence-electron chi connectivity index (χ3n) is 3.03. The normalized spacial score (nSPS) is 11.0. The number of hydrogen-bond donors (Lipinski definition) is 0. The molecule has 0 N–H and O–H groups in total. The van der Waals surface area contributed by atoms with E-state index in [-0.39, 0.29) is 18.7 Å². The molecule has 2 aromatic rings. The Morgan fingerprint density at radius 3 is 2.83 bits per heavy atom. The minimum atomic E-state index is -0.548. The predicted molar refractivity (Wildman–Crippen MR) is 85.3 cm³/mol. The Hall–Kier alpha value is -3.05. The molecule has 0 aliphatic heterocycles. The van der Waals surface area contributed by atoms with Crippen LogP contribution in [0.3, 0.4) is 0 Å². The van der Waals surface area contributed by atoms with Gasteiger partial charge in [0.05, 0.1) is 13.2 Å². The molecule has 0 spiro atoms. The van der Waals surface area contributed by atoms with Crippen LogP contribution in [-0.4, -0.2) is 24.3 Å². The average Bonchev–Trinajstić information content (AvgIpc) is 3.01. The van der Waals surface area contributed by atoms with Crippen LogP contribution >= 0.6 is 0 Å². The smallest absolute Gasteiger partial charge is 0.334 e. The monoisotopic (exact) mass is 312 g/mol.